The second-order valence-corrected chi connectivity index (χ2v) is 6.41. The van der Waals surface area contributed by atoms with Crippen molar-refractivity contribution in [1.29, 1.82) is 0 Å². The third kappa shape index (κ3) is 3.92. The van der Waals surface area contributed by atoms with Gasteiger partial charge in [-0.1, -0.05) is 35.0 Å². The monoisotopic (exact) mass is 350 g/mol. The van der Waals surface area contributed by atoms with Gasteiger partial charge in [0.15, 0.2) is 0 Å². The summed E-state index contributed by atoms with van der Waals surface area (Å²) in [6.07, 6.45) is 2.47. The fourth-order valence-corrected chi connectivity index (χ4v) is 3.26. The first kappa shape index (κ1) is 16.2. The van der Waals surface area contributed by atoms with Crippen LogP contribution >= 0.6 is 15.9 Å². The Balaban J connectivity index is 2.28. The van der Waals surface area contributed by atoms with Gasteiger partial charge >= 0.3 is 0 Å². The van der Waals surface area contributed by atoms with Gasteiger partial charge < -0.3 is 5.32 Å². The van der Waals surface area contributed by atoms with Crippen molar-refractivity contribution < 1.29 is 0 Å². The molecule has 0 aliphatic carbocycles. The highest BCUT2D eigenvalue weighted by molar-refractivity contribution is 9.10. The minimum atomic E-state index is 0.228. The van der Waals surface area contributed by atoms with Crippen molar-refractivity contribution in [2.75, 3.05) is 6.54 Å². The summed E-state index contributed by atoms with van der Waals surface area (Å²) in [5, 5.41) is 7.88. The van der Waals surface area contributed by atoms with Crippen LogP contribution in [0.2, 0.25) is 0 Å². The van der Waals surface area contributed by atoms with Crippen molar-refractivity contribution in [2.45, 2.75) is 46.2 Å². The van der Waals surface area contributed by atoms with Gasteiger partial charge in [0.2, 0.25) is 0 Å². The summed E-state index contributed by atoms with van der Waals surface area (Å²) in [4.78, 5) is 4.43. The van der Waals surface area contributed by atoms with E-state index < -0.39 is 0 Å². The van der Waals surface area contributed by atoms with E-state index in [0.717, 1.165) is 23.3 Å². The minimum Gasteiger partial charge on any atom is -0.310 e. The molecule has 2 aromatic rings. The van der Waals surface area contributed by atoms with Crippen molar-refractivity contribution in [1.82, 2.24) is 20.1 Å². The van der Waals surface area contributed by atoms with Crippen LogP contribution < -0.4 is 5.32 Å². The van der Waals surface area contributed by atoms with Crippen LogP contribution in [0.25, 0.3) is 0 Å². The fraction of sp³-hybridized carbons (Fsp3) is 0.500. The maximum atomic E-state index is 4.43. The topological polar surface area (TPSA) is 42.7 Å². The van der Waals surface area contributed by atoms with E-state index in [1.54, 1.807) is 6.33 Å². The maximum Gasteiger partial charge on any atom is 0.138 e. The summed E-state index contributed by atoms with van der Waals surface area (Å²) >= 11 is 3.69. The second kappa shape index (κ2) is 7.18. The molecule has 0 spiro atoms. The Morgan fingerprint density at radius 1 is 1.33 bits per heavy atom. The standard InChI is InChI=1S/C16H23BrN4/c1-5-18-15(13-7-6-12(4)8-14(13)17)9-16-19-10-20-21(16)11(2)3/h6-8,10-11,15,18H,5,9H2,1-4H3. The van der Waals surface area contributed by atoms with Crippen LogP contribution in [0, 0.1) is 6.92 Å². The lowest BCUT2D eigenvalue weighted by molar-refractivity contribution is 0.468. The lowest BCUT2D eigenvalue weighted by Crippen LogP contribution is -2.25. The lowest BCUT2D eigenvalue weighted by atomic mass is 10.0. The Kier molecular flexibility index (Phi) is 5.53. The molecular weight excluding hydrogens is 328 g/mol. The molecule has 1 unspecified atom stereocenters. The number of aromatic nitrogens is 3. The van der Waals surface area contributed by atoms with Gasteiger partial charge in [-0.05, 0) is 44.5 Å². The Hall–Kier alpha value is -1.20. The second-order valence-electron chi connectivity index (χ2n) is 5.55. The Morgan fingerprint density at radius 2 is 2.10 bits per heavy atom. The average Bonchev–Trinajstić information content (AvgIpc) is 2.86. The predicted octanol–water partition coefficient (Wildman–Crippen LogP) is 3.82. The van der Waals surface area contributed by atoms with Crippen molar-refractivity contribution in [3.8, 4) is 0 Å². The number of hydrogen-bond donors (Lipinski definition) is 1. The molecule has 0 fully saturated rings. The van der Waals surface area contributed by atoms with E-state index in [1.165, 1.54) is 11.1 Å². The molecule has 1 aromatic carbocycles. The van der Waals surface area contributed by atoms with Crippen LogP contribution in [-0.4, -0.2) is 21.3 Å². The molecule has 21 heavy (non-hydrogen) atoms. The number of nitrogens with one attached hydrogen (secondary N) is 1. The van der Waals surface area contributed by atoms with Gasteiger partial charge in [-0.15, -0.1) is 0 Å². The van der Waals surface area contributed by atoms with Crippen molar-refractivity contribution in [3.05, 3.63) is 46.0 Å². The molecule has 0 aliphatic rings. The molecule has 0 bridgehead atoms. The number of rotatable bonds is 6. The van der Waals surface area contributed by atoms with Crippen LogP contribution in [0.3, 0.4) is 0 Å². The van der Waals surface area contributed by atoms with E-state index in [4.69, 9.17) is 0 Å². The van der Waals surface area contributed by atoms with Crippen molar-refractivity contribution >= 4 is 15.9 Å². The Labute approximate surface area is 135 Å². The van der Waals surface area contributed by atoms with Crippen LogP contribution in [-0.2, 0) is 6.42 Å². The normalized spacial score (nSPS) is 12.9. The number of hydrogen-bond acceptors (Lipinski definition) is 3. The van der Waals surface area contributed by atoms with Gasteiger partial charge in [0, 0.05) is 23.0 Å². The summed E-state index contributed by atoms with van der Waals surface area (Å²) in [6, 6.07) is 7.05. The summed E-state index contributed by atoms with van der Waals surface area (Å²) < 4.78 is 3.14. The van der Waals surface area contributed by atoms with Gasteiger partial charge in [-0.25, -0.2) is 9.67 Å². The summed E-state index contributed by atoms with van der Waals surface area (Å²) in [6.45, 7) is 9.40. The van der Waals surface area contributed by atoms with Crippen LogP contribution in [0.1, 0.15) is 49.8 Å². The first-order valence-electron chi connectivity index (χ1n) is 7.40. The predicted molar refractivity (Wildman–Crippen MR) is 89.4 cm³/mol. The molecule has 1 aromatic heterocycles. The van der Waals surface area contributed by atoms with E-state index in [9.17, 15) is 0 Å². The smallest absolute Gasteiger partial charge is 0.138 e. The quantitative estimate of drug-likeness (QED) is 0.860. The number of benzene rings is 1. The number of aryl methyl sites for hydroxylation is 1. The van der Waals surface area contributed by atoms with Crippen LogP contribution in [0.4, 0.5) is 0 Å². The zero-order valence-corrected chi connectivity index (χ0v) is 14.7. The SMILES string of the molecule is CCNC(Cc1ncnn1C(C)C)c1ccc(C)cc1Br. The third-order valence-corrected chi connectivity index (χ3v) is 4.19. The molecule has 1 N–H and O–H groups in total. The number of nitrogens with zero attached hydrogens (tertiary/aromatic N) is 3. The Bertz CT molecular complexity index is 592. The molecule has 0 saturated heterocycles. The molecule has 4 nitrogen and oxygen atoms in total. The lowest BCUT2D eigenvalue weighted by Gasteiger charge is -2.20. The zero-order chi connectivity index (χ0) is 15.4. The van der Waals surface area contributed by atoms with Crippen molar-refractivity contribution in [2.24, 2.45) is 0 Å². The molecule has 0 saturated carbocycles. The maximum absolute atomic E-state index is 4.43. The van der Waals surface area contributed by atoms with Crippen LogP contribution in [0.5, 0.6) is 0 Å². The first-order valence-corrected chi connectivity index (χ1v) is 8.20. The minimum absolute atomic E-state index is 0.228. The molecule has 5 heteroatoms. The molecule has 0 radical (unpaired) electrons. The molecule has 0 aliphatic heterocycles. The highest BCUT2D eigenvalue weighted by Gasteiger charge is 2.18. The van der Waals surface area contributed by atoms with E-state index in [-0.39, 0.29) is 6.04 Å². The number of halogens is 1. The first-order chi connectivity index (χ1) is 10.0. The van der Waals surface area contributed by atoms with E-state index >= 15 is 0 Å². The summed E-state index contributed by atoms with van der Waals surface area (Å²) in [5.74, 6) is 1.02. The third-order valence-electron chi connectivity index (χ3n) is 3.50. The largest absolute Gasteiger partial charge is 0.310 e. The Morgan fingerprint density at radius 3 is 2.71 bits per heavy atom. The molecule has 114 valence electrons. The van der Waals surface area contributed by atoms with Crippen LogP contribution in [0.15, 0.2) is 29.0 Å². The summed E-state index contributed by atoms with van der Waals surface area (Å²) in [5.41, 5.74) is 2.52. The van der Waals surface area contributed by atoms with Gasteiger partial charge in [0.05, 0.1) is 0 Å². The highest BCUT2D eigenvalue weighted by Crippen LogP contribution is 2.27. The molecule has 1 heterocycles. The average molecular weight is 351 g/mol. The van der Waals surface area contributed by atoms with Gasteiger partial charge in [0.1, 0.15) is 12.2 Å². The van der Waals surface area contributed by atoms with Crippen molar-refractivity contribution in [3.63, 3.8) is 0 Å². The zero-order valence-electron chi connectivity index (χ0n) is 13.1. The van der Waals surface area contributed by atoms with E-state index in [2.05, 4.69) is 77.2 Å². The molecule has 2 rings (SSSR count). The van der Waals surface area contributed by atoms with Gasteiger partial charge in [-0.3, -0.25) is 0 Å². The molecule has 1 atom stereocenters. The van der Waals surface area contributed by atoms with Gasteiger partial charge in [-0.2, -0.15) is 5.10 Å². The van der Waals surface area contributed by atoms with Gasteiger partial charge in [0.25, 0.3) is 0 Å². The molecule has 0 amide bonds. The highest BCUT2D eigenvalue weighted by atomic mass is 79.9. The number of likely N-dealkylation sites (N-methyl/N-ethyl adjacent to an activating group) is 1. The van der Waals surface area contributed by atoms with E-state index in [1.807, 2.05) is 4.68 Å². The fourth-order valence-electron chi connectivity index (χ4n) is 2.49. The summed E-state index contributed by atoms with van der Waals surface area (Å²) in [7, 11) is 0. The van der Waals surface area contributed by atoms with E-state index in [0.29, 0.717) is 6.04 Å². The molecular formula is C16H23BrN4.